The lowest BCUT2D eigenvalue weighted by molar-refractivity contribution is 0.0746. The number of anilines is 1. The molecular weight excluding hydrogens is 330 g/mol. The van der Waals surface area contributed by atoms with Gasteiger partial charge in [0.25, 0.3) is 5.91 Å². The number of para-hydroxylation sites is 1. The van der Waals surface area contributed by atoms with Gasteiger partial charge in [-0.1, -0.05) is 12.1 Å². The number of hydrogen-bond acceptors (Lipinski definition) is 5. The Kier molecular flexibility index (Phi) is 4.59. The number of carbonyl (C=O) groups is 1. The number of furan rings is 1. The second-order valence-electron chi connectivity index (χ2n) is 5.47. The summed E-state index contributed by atoms with van der Waals surface area (Å²) in [5, 5.41) is 0. The van der Waals surface area contributed by atoms with E-state index in [1.54, 1.807) is 29.2 Å². The van der Waals surface area contributed by atoms with Gasteiger partial charge in [-0.05, 0) is 25.2 Å². The highest BCUT2D eigenvalue weighted by Gasteiger charge is 2.26. The first-order chi connectivity index (χ1) is 11.5. The van der Waals surface area contributed by atoms with Crippen molar-refractivity contribution in [1.29, 1.82) is 0 Å². The Balaban J connectivity index is 1.75. The van der Waals surface area contributed by atoms with Crippen LogP contribution in [0.1, 0.15) is 10.4 Å². The Morgan fingerprint density at radius 3 is 2.46 bits per heavy atom. The Labute approximate surface area is 140 Å². The Morgan fingerprint density at radius 2 is 1.83 bits per heavy atom. The molecule has 0 radical (unpaired) electrons. The largest absolute Gasteiger partial charge is 0.472 e. The van der Waals surface area contributed by atoms with Gasteiger partial charge in [0.2, 0.25) is 10.0 Å². The second-order valence-corrected chi connectivity index (χ2v) is 7.32. The van der Waals surface area contributed by atoms with Crippen molar-refractivity contribution >= 4 is 21.6 Å². The standard InChI is InChI=1S/C16H19N3O4S/c1-17-24(21,22)15-5-3-2-4-14(15)18-7-9-19(10-8-18)16(20)13-6-11-23-12-13/h2-6,11-12,17H,7-10H2,1H3. The summed E-state index contributed by atoms with van der Waals surface area (Å²) in [6.45, 7) is 2.19. The van der Waals surface area contributed by atoms with Gasteiger partial charge in [-0.25, -0.2) is 13.1 Å². The van der Waals surface area contributed by atoms with Gasteiger partial charge < -0.3 is 14.2 Å². The molecule has 0 bridgehead atoms. The molecule has 0 spiro atoms. The summed E-state index contributed by atoms with van der Waals surface area (Å²) in [6, 6.07) is 8.53. The minimum absolute atomic E-state index is 0.0699. The first kappa shape index (κ1) is 16.5. The van der Waals surface area contributed by atoms with Crippen molar-refractivity contribution in [2.24, 2.45) is 0 Å². The first-order valence-corrected chi connectivity index (χ1v) is 9.10. The molecule has 1 N–H and O–H groups in total. The van der Waals surface area contributed by atoms with Crippen LogP contribution >= 0.6 is 0 Å². The number of hydrogen-bond donors (Lipinski definition) is 1. The average Bonchev–Trinajstić information content (AvgIpc) is 3.16. The van der Waals surface area contributed by atoms with Crippen LogP contribution in [-0.4, -0.2) is 52.5 Å². The number of amides is 1. The summed E-state index contributed by atoms with van der Waals surface area (Å²) in [4.78, 5) is 16.3. The van der Waals surface area contributed by atoms with E-state index in [0.717, 1.165) is 0 Å². The summed E-state index contributed by atoms with van der Waals surface area (Å²) in [6.07, 6.45) is 2.91. The van der Waals surface area contributed by atoms with Crippen molar-refractivity contribution in [3.8, 4) is 0 Å². The van der Waals surface area contributed by atoms with E-state index in [4.69, 9.17) is 4.42 Å². The van der Waals surface area contributed by atoms with Crippen molar-refractivity contribution in [3.05, 3.63) is 48.4 Å². The maximum absolute atomic E-state index is 12.3. The van der Waals surface area contributed by atoms with Gasteiger partial charge >= 0.3 is 0 Å². The summed E-state index contributed by atoms with van der Waals surface area (Å²) in [7, 11) is -2.13. The topological polar surface area (TPSA) is 82.9 Å². The van der Waals surface area contributed by atoms with Gasteiger partial charge in [0, 0.05) is 26.2 Å². The monoisotopic (exact) mass is 349 g/mol. The highest BCUT2D eigenvalue weighted by molar-refractivity contribution is 7.89. The van der Waals surface area contributed by atoms with Crippen LogP contribution in [-0.2, 0) is 10.0 Å². The zero-order valence-corrected chi connectivity index (χ0v) is 14.1. The molecular formula is C16H19N3O4S. The molecule has 0 saturated carbocycles. The molecule has 7 nitrogen and oxygen atoms in total. The van der Waals surface area contributed by atoms with Crippen LogP contribution in [0.5, 0.6) is 0 Å². The van der Waals surface area contributed by atoms with Crippen LogP contribution in [0.25, 0.3) is 0 Å². The molecule has 1 amide bonds. The summed E-state index contributed by atoms with van der Waals surface area (Å²) in [5.74, 6) is -0.0699. The summed E-state index contributed by atoms with van der Waals surface area (Å²) in [5.41, 5.74) is 1.18. The fraction of sp³-hybridized carbons (Fsp3) is 0.312. The molecule has 8 heteroatoms. The normalized spacial score (nSPS) is 15.5. The second kappa shape index (κ2) is 6.66. The van der Waals surface area contributed by atoms with Crippen molar-refractivity contribution in [2.45, 2.75) is 4.90 Å². The molecule has 1 aromatic carbocycles. The van der Waals surface area contributed by atoms with Crippen molar-refractivity contribution in [3.63, 3.8) is 0 Å². The van der Waals surface area contributed by atoms with Crippen molar-refractivity contribution in [2.75, 3.05) is 38.1 Å². The fourth-order valence-corrected chi connectivity index (χ4v) is 3.72. The van der Waals surface area contributed by atoms with Gasteiger partial charge in [0.05, 0.1) is 17.5 Å². The zero-order chi connectivity index (χ0) is 17.2. The predicted molar refractivity (Wildman–Crippen MR) is 89.5 cm³/mol. The van der Waals surface area contributed by atoms with E-state index in [-0.39, 0.29) is 10.8 Å². The predicted octanol–water partition coefficient (Wildman–Crippen LogP) is 1.15. The third kappa shape index (κ3) is 3.15. The number of nitrogens with one attached hydrogen (secondary N) is 1. The molecule has 1 aliphatic heterocycles. The van der Waals surface area contributed by atoms with E-state index in [1.165, 1.54) is 19.6 Å². The third-order valence-electron chi connectivity index (χ3n) is 4.10. The SMILES string of the molecule is CNS(=O)(=O)c1ccccc1N1CCN(C(=O)c2ccoc2)CC1. The third-order valence-corrected chi connectivity index (χ3v) is 5.56. The lowest BCUT2D eigenvalue weighted by atomic mass is 10.2. The molecule has 0 unspecified atom stereocenters. The van der Waals surface area contributed by atoms with Gasteiger partial charge in [0.15, 0.2) is 0 Å². The van der Waals surface area contributed by atoms with E-state index in [1.807, 2.05) is 11.0 Å². The summed E-state index contributed by atoms with van der Waals surface area (Å²) < 4.78 is 31.7. The highest BCUT2D eigenvalue weighted by Crippen LogP contribution is 2.26. The number of rotatable bonds is 4. The Morgan fingerprint density at radius 1 is 1.12 bits per heavy atom. The van der Waals surface area contributed by atoms with E-state index in [2.05, 4.69) is 4.72 Å². The number of piperazine rings is 1. The fourth-order valence-electron chi connectivity index (χ4n) is 2.77. The molecule has 128 valence electrons. The van der Waals surface area contributed by atoms with Crippen LogP contribution in [0.15, 0.2) is 52.2 Å². The van der Waals surface area contributed by atoms with E-state index in [0.29, 0.717) is 37.4 Å². The van der Waals surface area contributed by atoms with Crippen LogP contribution in [0.2, 0.25) is 0 Å². The quantitative estimate of drug-likeness (QED) is 0.895. The van der Waals surface area contributed by atoms with E-state index < -0.39 is 10.0 Å². The Hall–Kier alpha value is -2.32. The molecule has 1 aromatic heterocycles. The van der Waals surface area contributed by atoms with Crippen LogP contribution in [0.3, 0.4) is 0 Å². The molecule has 1 aliphatic rings. The Bertz CT molecular complexity index is 810. The average molecular weight is 349 g/mol. The summed E-state index contributed by atoms with van der Waals surface area (Å²) >= 11 is 0. The molecule has 2 heterocycles. The lowest BCUT2D eigenvalue weighted by Gasteiger charge is -2.36. The molecule has 1 fully saturated rings. The van der Waals surface area contributed by atoms with Crippen LogP contribution in [0, 0.1) is 0 Å². The minimum Gasteiger partial charge on any atom is -0.472 e. The van der Waals surface area contributed by atoms with Crippen molar-refractivity contribution in [1.82, 2.24) is 9.62 Å². The van der Waals surface area contributed by atoms with Crippen LogP contribution in [0.4, 0.5) is 5.69 Å². The maximum Gasteiger partial charge on any atom is 0.257 e. The smallest absolute Gasteiger partial charge is 0.257 e. The number of carbonyl (C=O) groups excluding carboxylic acids is 1. The molecule has 3 rings (SSSR count). The zero-order valence-electron chi connectivity index (χ0n) is 13.3. The number of sulfonamides is 1. The van der Waals surface area contributed by atoms with Gasteiger partial charge in [0.1, 0.15) is 11.2 Å². The molecule has 1 saturated heterocycles. The van der Waals surface area contributed by atoms with Crippen molar-refractivity contribution < 1.29 is 17.6 Å². The maximum atomic E-state index is 12.3. The van der Waals surface area contributed by atoms with Gasteiger partial charge in [-0.3, -0.25) is 4.79 Å². The molecule has 0 atom stereocenters. The molecule has 24 heavy (non-hydrogen) atoms. The number of benzene rings is 1. The molecule has 0 aliphatic carbocycles. The molecule has 2 aromatic rings. The van der Waals surface area contributed by atoms with E-state index >= 15 is 0 Å². The van der Waals surface area contributed by atoms with Gasteiger partial charge in [-0.2, -0.15) is 0 Å². The van der Waals surface area contributed by atoms with Gasteiger partial charge in [-0.15, -0.1) is 0 Å². The highest BCUT2D eigenvalue weighted by atomic mass is 32.2. The van der Waals surface area contributed by atoms with Crippen LogP contribution < -0.4 is 9.62 Å². The first-order valence-electron chi connectivity index (χ1n) is 7.62. The van der Waals surface area contributed by atoms with E-state index in [9.17, 15) is 13.2 Å². The number of nitrogens with zero attached hydrogens (tertiary/aromatic N) is 2. The minimum atomic E-state index is -3.53. The lowest BCUT2D eigenvalue weighted by Crippen LogP contribution is -2.49.